The van der Waals surface area contributed by atoms with Gasteiger partial charge in [0.05, 0.1) is 11.8 Å². The van der Waals surface area contributed by atoms with Crippen LogP contribution in [0.4, 0.5) is 0 Å². The van der Waals surface area contributed by atoms with E-state index in [1.165, 1.54) is 17.8 Å². The molecule has 2 rings (SSSR count). The molecule has 1 aromatic carbocycles. The number of carbonyl (C=O) groups excluding carboxylic acids is 1. The molecule has 5 nitrogen and oxygen atoms in total. The first kappa shape index (κ1) is 17.3. The second kappa shape index (κ2) is 8.53. The average Bonchev–Trinajstić information content (AvgIpc) is 2.53. The first-order valence-corrected chi connectivity index (χ1v) is 8.64. The number of amides is 1. The summed E-state index contributed by atoms with van der Waals surface area (Å²) in [6.07, 6.45) is 1.68. The third-order valence-electron chi connectivity index (χ3n) is 3.30. The second-order valence-electron chi connectivity index (χ2n) is 5.28. The van der Waals surface area contributed by atoms with Crippen molar-refractivity contribution < 1.29 is 4.79 Å². The Labute approximate surface area is 139 Å². The molecule has 1 heterocycles. The number of hydrogen-bond acceptors (Lipinski definition) is 4. The van der Waals surface area contributed by atoms with Gasteiger partial charge < -0.3 is 10.3 Å². The predicted octanol–water partition coefficient (Wildman–Crippen LogP) is 2.69. The van der Waals surface area contributed by atoms with Crippen molar-refractivity contribution in [1.82, 2.24) is 15.3 Å². The quantitative estimate of drug-likeness (QED) is 0.604. The highest BCUT2D eigenvalue weighted by Gasteiger charge is 2.10. The van der Waals surface area contributed by atoms with Crippen molar-refractivity contribution in [2.45, 2.75) is 37.9 Å². The summed E-state index contributed by atoms with van der Waals surface area (Å²) in [7, 11) is 0. The number of aromatic amines is 1. The smallest absolute Gasteiger partial charge is 0.251 e. The molecule has 23 heavy (non-hydrogen) atoms. The molecule has 0 radical (unpaired) electrons. The maximum absolute atomic E-state index is 12.0. The third kappa shape index (κ3) is 5.56. The predicted molar refractivity (Wildman–Crippen MR) is 92.6 cm³/mol. The SMILES string of the molecule is CCCc1cc(=O)[nH]c(SCC(=O)N[C@H](C)c2ccccc2)n1. The van der Waals surface area contributed by atoms with Gasteiger partial charge in [-0.2, -0.15) is 0 Å². The molecule has 6 heteroatoms. The summed E-state index contributed by atoms with van der Waals surface area (Å²) >= 11 is 1.24. The Bertz CT molecular complexity index is 700. The molecule has 122 valence electrons. The fourth-order valence-electron chi connectivity index (χ4n) is 2.18. The van der Waals surface area contributed by atoms with Crippen LogP contribution in [-0.4, -0.2) is 21.6 Å². The van der Waals surface area contributed by atoms with Crippen LogP contribution in [0.15, 0.2) is 46.3 Å². The van der Waals surface area contributed by atoms with Crippen molar-refractivity contribution in [1.29, 1.82) is 0 Å². The number of thioether (sulfide) groups is 1. The zero-order chi connectivity index (χ0) is 16.7. The van der Waals surface area contributed by atoms with Gasteiger partial charge in [-0.3, -0.25) is 9.59 Å². The molecule has 0 aliphatic rings. The Morgan fingerprint density at radius 1 is 1.35 bits per heavy atom. The molecule has 0 aliphatic carbocycles. The van der Waals surface area contributed by atoms with E-state index < -0.39 is 0 Å². The van der Waals surface area contributed by atoms with Gasteiger partial charge in [-0.25, -0.2) is 4.98 Å². The zero-order valence-corrected chi connectivity index (χ0v) is 14.2. The van der Waals surface area contributed by atoms with Crippen LogP contribution in [0.25, 0.3) is 0 Å². The third-order valence-corrected chi connectivity index (χ3v) is 4.17. The Morgan fingerprint density at radius 3 is 2.78 bits per heavy atom. The van der Waals surface area contributed by atoms with E-state index in [1.54, 1.807) is 0 Å². The highest BCUT2D eigenvalue weighted by molar-refractivity contribution is 7.99. The van der Waals surface area contributed by atoms with E-state index in [1.807, 2.05) is 44.2 Å². The van der Waals surface area contributed by atoms with Crippen LogP contribution in [0.3, 0.4) is 0 Å². The fourth-order valence-corrected chi connectivity index (χ4v) is 2.88. The second-order valence-corrected chi connectivity index (χ2v) is 6.24. The number of carbonyl (C=O) groups is 1. The van der Waals surface area contributed by atoms with Gasteiger partial charge in [0, 0.05) is 11.8 Å². The van der Waals surface area contributed by atoms with E-state index in [-0.39, 0.29) is 23.3 Å². The molecule has 0 unspecified atom stereocenters. The van der Waals surface area contributed by atoms with Gasteiger partial charge in [0.15, 0.2) is 5.16 Å². The minimum absolute atomic E-state index is 0.0530. The van der Waals surface area contributed by atoms with E-state index in [0.29, 0.717) is 5.16 Å². The Kier molecular flexibility index (Phi) is 6.40. The standard InChI is InChI=1S/C17H21N3O2S/c1-3-7-14-10-15(21)20-17(19-14)23-11-16(22)18-12(2)13-8-5-4-6-9-13/h4-6,8-10,12H,3,7,11H2,1-2H3,(H,18,22)(H,19,20,21)/t12-/m1/s1. The maximum atomic E-state index is 12.0. The van der Waals surface area contributed by atoms with Crippen LogP contribution in [-0.2, 0) is 11.2 Å². The molecule has 0 fully saturated rings. The number of aromatic nitrogens is 2. The average molecular weight is 331 g/mol. The van der Waals surface area contributed by atoms with E-state index >= 15 is 0 Å². The summed E-state index contributed by atoms with van der Waals surface area (Å²) in [6, 6.07) is 11.2. The van der Waals surface area contributed by atoms with Crippen LogP contribution in [0.2, 0.25) is 0 Å². The van der Waals surface area contributed by atoms with Gasteiger partial charge in [0.2, 0.25) is 5.91 Å². The number of nitrogens with zero attached hydrogens (tertiary/aromatic N) is 1. The summed E-state index contributed by atoms with van der Waals surface area (Å²) in [5, 5.41) is 3.43. The molecule has 0 aliphatic heterocycles. The molecule has 2 aromatic rings. The summed E-state index contributed by atoms with van der Waals surface area (Å²) in [6.45, 7) is 3.98. The van der Waals surface area contributed by atoms with Gasteiger partial charge in [-0.15, -0.1) is 0 Å². The highest BCUT2D eigenvalue weighted by Crippen LogP contribution is 2.14. The Hall–Kier alpha value is -2.08. The van der Waals surface area contributed by atoms with Crippen molar-refractivity contribution in [2.75, 3.05) is 5.75 Å². The number of H-pyrrole nitrogens is 1. The summed E-state index contributed by atoms with van der Waals surface area (Å²) in [5.74, 6) is 0.130. The van der Waals surface area contributed by atoms with Crippen molar-refractivity contribution in [2.24, 2.45) is 0 Å². The van der Waals surface area contributed by atoms with Crippen molar-refractivity contribution in [3.05, 3.63) is 58.0 Å². The van der Waals surface area contributed by atoms with Crippen LogP contribution in [0, 0.1) is 0 Å². The zero-order valence-electron chi connectivity index (χ0n) is 13.3. The highest BCUT2D eigenvalue weighted by atomic mass is 32.2. The lowest BCUT2D eigenvalue weighted by Gasteiger charge is -2.14. The van der Waals surface area contributed by atoms with Crippen molar-refractivity contribution in [3.63, 3.8) is 0 Å². The fraction of sp³-hybridized carbons (Fsp3) is 0.353. The molecule has 1 atom stereocenters. The molecule has 0 spiro atoms. The lowest BCUT2D eigenvalue weighted by Crippen LogP contribution is -2.28. The molecular formula is C17H21N3O2S. The molecule has 1 amide bonds. The topological polar surface area (TPSA) is 74.8 Å². The van der Waals surface area contributed by atoms with Crippen LogP contribution in [0.1, 0.15) is 37.6 Å². The van der Waals surface area contributed by atoms with Crippen LogP contribution < -0.4 is 10.9 Å². The first-order valence-electron chi connectivity index (χ1n) is 7.66. The number of rotatable bonds is 7. The van der Waals surface area contributed by atoms with E-state index in [0.717, 1.165) is 24.1 Å². The number of hydrogen-bond donors (Lipinski definition) is 2. The number of benzene rings is 1. The van der Waals surface area contributed by atoms with E-state index in [2.05, 4.69) is 15.3 Å². The summed E-state index contributed by atoms with van der Waals surface area (Å²) in [4.78, 5) is 30.7. The van der Waals surface area contributed by atoms with Crippen molar-refractivity contribution in [3.8, 4) is 0 Å². The van der Waals surface area contributed by atoms with Gasteiger partial charge in [0.25, 0.3) is 5.56 Å². The van der Waals surface area contributed by atoms with Crippen molar-refractivity contribution >= 4 is 17.7 Å². The lowest BCUT2D eigenvalue weighted by atomic mass is 10.1. The minimum atomic E-state index is -0.177. The number of nitrogens with one attached hydrogen (secondary N) is 2. The first-order chi connectivity index (χ1) is 11.1. The Balaban J connectivity index is 1.90. The van der Waals surface area contributed by atoms with Gasteiger partial charge >= 0.3 is 0 Å². The van der Waals surface area contributed by atoms with Gasteiger partial charge in [-0.1, -0.05) is 55.4 Å². The summed E-state index contributed by atoms with van der Waals surface area (Å²) in [5.41, 5.74) is 1.64. The molecule has 0 saturated carbocycles. The molecule has 1 aromatic heterocycles. The monoisotopic (exact) mass is 331 g/mol. The Morgan fingerprint density at radius 2 is 2.09 bits per heavy atom. The van der Waals surface area contributed by atoms with Gasteiger partial charge in [-0.05, 0) is 18.9 Å². The van der Waals surface area contributed by atoms with Gasteiger partial charge in [0.1, 0.15) is 0 Å². The maximum Gasteiger partial charge on any atom is 0.251 e. The molecule has 2 N–H and O–H groups in total. The molecule has 0 saturated heterocycles. The molecular weight excluding hydrogens is 310 g/mol. The van der Waals surface area contributed by atoms with E-state index in [9.17, 15) is 9.59 Å². The largest absolute Gasteiger partial charge is 0.349 e. The van der Waals surface area contributed by atoms with E-state index in [4.69, 9.17) is 0 Å². The molecule has 0 bridgehead atoms. The van der Waals surface area contributed by atoms with Crippen LogP contribution >= 0.6 is 11.8 Å². The normalized spacial score (nSPS) is 11.9. The lowest BCUT2D eigenvalue weighted by molar-refractivity contribution is -0.119. The van der Waals surface area contributed by atoms with Crippen LogP contribution in [0.5, 0.6) is 0 Å². The number of aryl methyl sites for hydroxylation is 1. The summed E-state index contributed by atoms with van der Waals surface area (Å²) < 4.78 is 0. The minimum Gasteiger partial charge on any atom is -0.349 e.